The van der Waals surface area contributed by atoms with Crippen molar-refractivity contribution in [2.75, 3.05) is 27.4 Å². The van der Waals surface area contributed by atoms with Gasteiger partial charge in [-0.25, -0.2) is 0 Å². The zero-order valence-corrected chi connectivity index (χ0v) is 12.9. The minimum absolute atomic E-state index is 0.0825. The molecule has 19 heavy (non-hydrogen) atoms. The second-order valence-electron chi connectivity index (χ2n) is 4.57. The SMILES string of the molecule is CNC1CC(Oc2cccc(Br)c2)C1OCCOC. The fraction of sp³-hybridized carbons (Fsp3) is 0.571. The van der Waals surface area contributed by atoms with Crippen LogP contribution in [-0.4, -0.2) is 45.6 Å². The molecule has 0 heterocycles. The van der Waals surface area contributed by atoms with Gasteiger partial charge in [0.25, 0.3) is 0 Å². The number of likely N-dealkylation sites (N-methyl/N-ethyl adjacent to an activating group) is 1. The molecule has 1 aliphatic rings. The van der Waals surface area contributed by atoms with Crippen molar-refractivity contribution in [3.8, 4) is 5.75 Å². The zero-order valence-electron chi connectivity index (χ0n) is 11.3. The van der Waals surface area contributed by atoms with Crippen LogP contribution in [0.1, 0.15) is 6.42 Å². The van der Waals surface area contributed by atoms with E-state index in [0.29, 0.717) is 19.3 Å². The van der Waals surface area contributed by atoms with Crippen LogP contribution in [0.2, 0.25) is 0 Å². The Morgan fingerprint density at radius 3 is 2.89 bits per heavy atom. The van der Waals surface area contributed by atoms with Crippen LogP contribution in [0.15, 0.2) is 28.7 Å². The summed E-state index contributed by atoms with van der Waals surface area (Å²) in [5.74, 6) is 0.870. The minimum atomic E-state index is 0.0825. The summed E-state index contributed by atoms with van der Waals surface area (Å²) in [4.78, 5) is 0. The molecule has 5 heteroatoms. The summed E-state index contributed by atoms with van der Waals surface area (Å²) >= 11 is 3.44. The van der Waals surface area contributed by atoms with Crippen LogP contribution in [0.4, 0.5) is 0 Å². The number of ether oxygens (including phenoxy) is 3. The molecule has 4 nitrogen and oxygen atoms in total. The van der Waals surface area contributed by atoms with E-state index in [4.69, 9.17) is 14.2 Å². The number of methoxy groups -OCH3 is 1. The molecule has 3 unspecified atom stereocenters. The lowest BCUT2D eigenvalue weighted by Crippen LogP contribution is -2.60. The van der Waals surface area contributed by atoms with Crippen molar-refractivity contribution in [3.63, 3.8) is 0 Å². The van der Waals surface area contributed by atoms with Crippen LogP contribution in [0.3, 0.4) is 0 Å². The maximum atomic E-state index is 5.97. The molecule has 0 bridgehead atoms. The normalized spacial score (nSPS) is 25.9. The van der Waals surface area contributed by atoms with Crippen molar-refractivity contribution in [3.05, 3.63) is 28.7 Å². The fourth-order valence-electron chi connectivity index (χ4n) is 2.19. The highest BCUT2D eigenvalue weighted by molar-refractivity contribution is 9.10. The van der Waals surface area contributed by atoms with E-state index in [1.807, 2.05) is 31.3 Å². The van der Waals surface area contributed by atoms with Gasteiger partial charge < -0.3 is 19.5 Å². The topological polar surface area (TPSA) is 39.7 Å². The van der Waals surface area contributed by atoms with Crippen molar-refractivity contribution in [2.24, 2.45) is 0 Å². The van der Waals surface area contributed by atoms with Crippen LogP contribution in [0.5, 0.6) is 5.75 Å². The predicted molar refractivity (Wildman–Crippen MR) is 77.6 cm³/mol. The van der Waals surface area contributed by atoms with Crippen molar-refractivity contribution < 1.29 is 14.2 Å². The summed E-state index contributed by atoms with van der Waals surface area (Å²) in [5.41, 5.74) is 0. The summed E-state index contributed by atoms with van der Waals surface area (Å²) < 4.78 is 17.8. The molecule has 2 rings (SSSR count). The average Bonchev–Trinajstić information content (AvgIpc) is 2.39. The number of rotatable bonds is 7. The standard InChI is InChI=1S/C14H20BrNO3/c1-16-12-9-13(14(12)18-7-6-17-2)19-11-5-3-4-10(15)8-11/h3-5,8,12-14,16H,6-7,9H2,1-2H3. The van der Waals surface area contributed by atoms with Crippen molar-refractivity contribution in [1.82, 2.24) is 5.32 Å². The molecule has 3 atom stereocenters. The van der Waals surface area contributed by atoms with E-state index in [2.05, 4.69) is 21.2 Å². The molecule has 0 saturated heterocycles. The third-order valence-corrected chi connectivity index (χ3v) is 3.79. The van der Waals surface area contributed by atoms with E-state index in [1.165, 1.54) is 0 Å². The van der Waals surface area contributed by atoms with Crippen LogP contribution in [-0.2, 0) is 9.47 Å². The average molecular weight is 330 g/mol. The van der Waals surface area contributed by atoms with E-state index in [-0.39, 0.29) is 12.2 Å². The van der Waals surface area contributed by atoms with E-state index < -0.39 is 0 Å². The smallest absolute Gasteiger partial charge is 0.128 e. The number of benzene rings is 1. The van der Waals surface area contributed by atoms with Gasteiger partial charge in [0.05, 0.1) is 13.2 Å². The number of halogens is 1. The van der Waals surface area contributed by atoms with Crippen molar-refractivity contribution in [2.45, 2.75) is 24.7 Å². The van der Waals surface area contributed by atoms with Gasteiger partial charge in [0, 0.05) is 24.0 Å². The van der Waals surface area contributed by atoms with Gasteiger partial charge in [-0.3, -0.25) is 0 Å². The van der Waals surface area contributed by atoms with Gasteiger partial charge in [0.15, 0.2) is 0 Å². The quantitative estimate of drug-likeness (QED) is 0.779. The molecule has 1 aromatic carbocycles. The van der Waals surface area contributed by atoms with Crippen LogP contribution in [0.25, 0.3) is 0 Å². The van der Waals surface area contributed by atoms with E-state index in [0.717, 1.165) is 16.6 Å². The second-order valence-corrected chi connectivity index (χ2v) is 5.49. The van der Waals surface area contributed by atoms with Crippen LogP contribution >= 0.6 is 15.9 Å². The van der Waals surface area contributed by atoms with E-state index in [1.54, 1.807) is 7.11 Å². The van der Waals surface area contributed by atoms with Gasteiger partial charge >= 0.3 is 0 Å². The molecule has 0 aliphatic heterocycles. The van der Waals surface area contributed by atoms with E-state index >= 15 is 0 Å². The van der Waals surface area contributed by atoms with Gasteiger partial charge in [-0.15, -0.1) is 0 Å². The Bertz CT molecular complexity index is 402. The Hall–Kier alpha value is -0.620. The van der Waals surface area contributed by atoms with E-state index in [9.17, 15) is 0 Å². The summed E-state index contributed by atoms with van der Waals surface area (Å²) in [6.45, 7) is 1.20. The molecular formula is C14H20BrNO3. The van der Waals surface area contributed by atoms with Gasteiger partial charge in [-0.1, -0.05) is 22.0 Å². The Morgan fingerprint density at radius 2 is 2.21 bits per heavy atom. The highest BCUT2D eigenvalue weighted by Gasteiger charge is 2.43. The molecule has 1 aliphatic carbocycles. The molecule has 0 aromatic heterocycles. The molecule has 106 valence electrons. The van der Waals surface area contributed by atoms with Crippen LogP contribution < -0.4 is 10.1 Å². The third-order valence-electron chi connectivity index (χ3n) is 3.30. The molecule has 1 aromatic rings. The first-order chi connectivity index (χ1) is 9.24. The molecular weight excluding hydrogens is 310 g/mol. The lowest BCUT2D eigenvalue weighted by molar-refractivity contribution is -0.114. The Balaban J connectivity index is 1.88. The first-order valence-corrected chi connectivity index (χ1v) is 7.24. The summed E-state index contributed by atoms with van der Waals surface area (Å²) in [5, 5.41) is 3.25. The predicted octanol–water partition coefficient (Wildman–Crippen LogP) is 2.22. The lowest BCUT2D eigenvalue weighted by Gasteiger charge is -2.43. The number of hydrogen-bond donors (Lipinski definition) is 1. The monoisotopic (exact) mass is 329 g/mol. The summed E-state index contributed by atoms with van der Waals surface area (Å²) in [7, 11) is 3.63. The molecule has 1 fully saturated rings. The highest BCUT2D eigenvalue weighted by Crippen LogP contribution is 2.30. The zero-order chi connectivity index (χ0) is 13.7. The molecule has 1 N–H and O–H groups in total. The lowest BCUT2D eigenvalue weighted by atomic mass is 9.85. The summed E-state index contributed by atoms with van der Waals surface area (Å²) in [6, 6.07) is 8.24. The molecule has 0 spiro atoms. The highest BCUT2D eigenvalue weighted by atomic mass is 79.9. The summed E-state index contributed by atoms with van der Waals surface area (Å²) in [6.07, 6.45) is 1.14. The number of hydrogen-bond acceptors (Lipinski definition) is 4. The maximum Gasteiger partial charge on any atom is 0.128 e. The van der Waals surface area contributed by atoms with Gasteiger partial charge in [-0.2, -0.15) is 0 Å². The van der Waals surface area contributed by atoms with Gasteiger partial charge in [0.1, 0.15) is 18.0 Å². The maximum absolute atomic E-state index is 5.97. The largest absolute Gasteiger partial charge is 0.488 e. The minimum Gasteiger partial charge on any atom is -0.488 e. The van der Waals surface area contributed by atoms with Crippen molar-refractivity contribution >= 4 is 15.9 Å². The Morgan fingerprint density at radius 1 is 1.37 bits per heavy atom. The fourth-order valence-corrected chi connectivity index (χ4v) is 2.56. The first-order valence-electron chi connectivity index (χ1n) is 6.44. The number of nitrogens with one attached hydrogen (secondary N) is 1. The third kappa shape index (κ3) is 3.92. The van der Waals surface area contributed by atoms with Gasteiger partial charge in [0.2, 0.25) is 0 Å². The van der Waals surface area contributed by atoms with Crippen LogP contribution in [0, 0.1) is 0 Å². The Kier molecular flexibility index (Phi) is 5.63. The second kappa shape index (κ2) is 7.24. The molecule has 0 radical (unpaired) electrons. The first kappa shape index (κ1) is 14.8. The molecule has 0 amide bonds. The Labute approximate surface area is 122 Å². The van der Waals surface area contributed by atoms with Gasteiger partial charge in [-0.05, 0) is 25.2 Å². The van der Waals surface area contributed by atoms with Crippen molar-refractivity contribution in [1.29, 1.82) is 0 Å². The molecule has 1 saturated carbocycles.